The third-order valence-electron chi connectivity index (χ3n) is 3.69. The standard InChI is InChI=1S/C17H18N4O/c1-3-20(4-2)17(22)14-12-21-11-10-18-15(16(21)19-14)13-8-6-5-7-9-13/h5-12H,3-4H2,1-2H3. The molecule has 0 aliphatic heterocycles. The number of fused-ring (bicyclic) bond motifs is 1. The van der Waals surface area contributed by atoms with E-state index in [0.717, 1.165) is 11.3 Å². The van der Waals surface area contributed by atoms with Gasteiger partial charge >= 0.3 is 0 Å². The van der Waals surface area contributed by atoms with E-state index >= 15 is 0 Å². The molecule has 1 amide bonds. The lowest BCUT2D eigenvalue weighted by atomic mass is 10.1. The van der Waals surface area contributed by atoms with E-state index < -0.39 is 0 Å². The molecule has 1 aromatic carbocycles. The average Bonchev–Trinajstić information content (AvgIpc) is 3.00. The average molecular weight is 294 g/mol. The number of aromatic nitrogens is 3. The van der Waals surface area contributed by atoms with Gasteiger partial charge in [0.25, 0.3) is 5.91 Å². The first-order chi connectivity index (χ1) is 10.7. The zero-order valence-electron chi connectivity index (χ0n) is 12.7. The third-order valence-corrected chi connectivity index (χ3v) is 3.69. The summed E-state index contributed by atoms with van der Waals surface area (Å²) in [7, 11) is 0. The van der Waals surface area contributed by atoms with Crippen molar-refractivity contribution in [2.75, 3.05) is 13.1 Å². The second-order valence-corrected chi connectivity index (χ2v) is 4.98. The number of hydrogen-bond donors (Lipinski definition) is 0. The van der Waals surface area contributed by atoms with E-state index in [9.17, 15) is 4.79 Å². The van der Waals surface area contributed by atoms with Crippen LogP contribution in [0, 0.1) is 0 Å². The maximum absolute atomic E-state index is 12.5. The van der Waals surface area contributed by atoms with Crippen molar-refractivity contribution < 1.29 is 4.79 Å². The molecule has 0 bridgehead atoms. The van der Waals surface area contributed by atoms with Gasteiger partial charge in [0, 0.05) is 37.2 Å². The van der Waals surface area contributed by atoms with E-state index in [1.54, 1.807) is 17.3 Å². The summed E-state index contributed by atoms with van der Waals surface area (Å²) in [5, 5.41) is 0. The molecule has 5 nitrogen and oxygen atoms in total. The highest BCUT2D eigenvalue weighted by molar-refractivity contribution is 5.93. The zero-order chi connectivity index (χ0) is 15.5. The lowest BCUT2D eigenvalue weighted by molar-refractivity contribution is 0.0768. The van der Waals surface area contributed by atoms with E-state index in [0.29, 0.717) is 24.4 Å². The van der Waals surface area contributed by atoms with Crippen LogP contribution < -0.4 is 0 Å². The Morgan fingerprint density at radius 3 is 2.59 bits per heavy atom. The van der Waals surface area contributed by atoms with Crippen LogP contribution >= 0.6 is 0 Å². The summed E-state index contributed by atoms with van der Waals surface area (Å²) in [4.78, 5) is 23.2. The van der Waals surface area contributed by atoms with Gasteiger partial charge in [0.05, 0.1) is 0 Å². The summed E-state index contributed by atoms with van der Waals surface area (Å²) in [5.74, 6) is -0.0484. The summed E-state index contributed by atoms with van der Waals surface area (Å²) in [6.07, 6.45) is 5.31. The first-order valence-electron chi connectivity index (χ1n) is 7.43. The summed E-state index contributed by atoms with van der Waals surface area (Å²) in [5.41, 5.74) is 2.92. The van der Waals surface area contributed by atoms with Gasteiger partial charge in [-0.2, -0.15) is 0 Å². The molecule has 5 heteroatoms. The van der Waals surface area contributed by atoms with Crippen molar-refractivity contribution in [2.24, 2.45) is 0 Å². The van der Waals surface area contributed by atoms with Crippen LogP contribution in [0.25, 0.3) is 16.9 Å². The highest BCUT2D eigenvalue weighted by Crippen LogP contribution is 2.21. The van der Waals surface area contributed by atoms with Crippen LogP contribution in [0.1, 0.15) is 24.3 Å². The van der Waals surface area contributed by atoms with Gasteiger partial charge in [-0.1, -0.05) is 30.3 Å². The SMILES string of the molecule is CCN(CC)C(=O)c1cn2ccnc(-c3ccccc3)c2n1. The zero-order valence-corrected chi connectivity index (χ0v) is 12.7. The fourth-order valence-electron chi connectivity index (χ4n) is 2.50. The van der Waals surface area contributed by atoms with Crippen molar-refractivity contribution in [3.63, 3.8) is 0 Å². The molecular formula is C17H18N4O. The molecule has 0 N–H and O–H groups in total. The fraction of sp³-hybridized carbons (Fsp3) is 0.235. The lowest BCUT2D eigenvalue weighted by Gasteiger charge is -2.16. The Balaban J connectivity index is 2.09. The number of hydrogen-bond acceptors (Lipinski definition) is 3. The Kier molecular flexibility index (Phi) is 3.87. The van der Waals surface area contributed by atoms with Gasteiger partial charge in [0.15, 0.2) is 5.65 Å². The number of imidazole rings is 1. The van der Waals surface area contributed by atoms with Gasteiger partial charge in [-0.15, -0.1) is 0 Å². The summed E-state index contributed by atoms with van der Waals surface area (Å²) < 4.78 is 1.85. The van der Waals surface area contributed by atoms with Crippen molar-refractivity contribution >= 4 is 11.6 Å². The molecule has 3 aromatic rings. The van der Waals surface area contributed by atoms with Crippen LogP contribution in [-0.4, -0.2) is 38.3 Å². The van der Waals surface area contributed by atoms with Crippen molar-refractivity contribution in [1.82, 2.24) is 19.3 Å². The van der Waals surface area contributed by atoms with Crippen LogP contribution in [-0.2, 0) is 0 Å². The van der Waals surface area contributed by atoms with E-state index in [1.807, 2.05) is 54.8 Å². The number of carbonyl (C=O) groups is 1. The largest absolute Gasteiger partial charge is 0.338 e. The third kappa shape index (κ3) is 2.45. The Hall–Kier alpha value is -2.69. The molecule has 112 valence electrons. The van der Waals surface area contributed by atoms with Crippen LogP contribution in [0.2, 0.25) is 0 Å². The van der Waals surface area contributed by atoms with Crippen molar-refractivity contribution in [3.8, 4) is 11.3 Å². The van der Waals surface area contributed by atoms with Crippen molar-refractivity contribution in [3.05, 3.63) is 54.6 Å². The Labute approximate surface area is 129 Å². The molecular weight excluding hydrogens is 276 g/mol. The van der Waals surface area contributed by atoms with Gasteiger partial charge in [-0.3, -0.25) is 9.78 Å². The van der Waals surface area contributed by atoms with Crippen LogP contribution in [0.5, 0.6) is 0 Å². The number of benzene rings is 1. The van der Waals surface area contributed by atoms with Gasteiger partial charge < -0.3 is 9.30 Å². The molecule has 2 aromatic heterocycles. The maximum atomic E-state index is 12.5. The normalized spacial score (nSPS) is 10.8. The van der Waals surface area contributed by atoms with Crippen molar-refractivity contribution in [1.29, 1.82) is 0 Å². The summed E-state index contributed by atoms with van der Waals surface area (Å²) in [6.45, 7) is 5.28. The van der Waals surface area contributed by atoms with E-state index in [2.05, 4.69) is 9.97 Å². The van der Waals surface area contributed by atoms with Crippen LogP contribution in [0.3, 0.4) is 0 Å². The topological polar surface area (TPSA) is 50.5 Å². The molecule has 0 spiro atoms. The molecule has 0 aliphatic rings. The van der Waals surface area contributed by atoms with E-state index in [-0.39, 0.29) is 5.91 Å². The maximum Gasteiger partial charge on any atom is 0.274 e. The smallest absolute Gasteiger partial charge is 0.274 e. The molecule has 0 unspecified atom stereocenters. The monoisotopic (exact) mass is 294 g/mol. The predicted molar refractivity (Wildman–Crippen MR) is 85.7 cm³/mol. The Morgan fingerprint density at radius 1 is 1.18 bits per heavy atom. The molecule has 0 saturated carbocycles. The summed E-state index contributed by atoms with van der Waals surface area (Å²) >= 11 is 0. The highest BCUT2D eigenvalue weighted by atomic mass is 16.2. The second-order valence-electron chi connectivity index (χ2n) is 4.98. The molecule has 2 heterocycles. The Morgan fingerprint density at radius 2 is 1.91 bits per heavy atom. The summed E-state index contributed by atoms with van der Waals surface area (Å²) in [6, 6.07) is 9.87. The quantitative estimate of drug-likeness (QED) is 0.743. The van der Waals surface area contributed by atoms with Gasteiger partial charge in [-0.05, 0) is 13.8 Å². The first-order valence-corrected chi connectivity index (χ1v) is 7.43. The molecule has 3 rings (SSSR count). The van der Waals surface area contributed by atoms with Crippen LogP contribution in [0.15, 0.2) is 48.9 Å². The number of rotatable bonds is 4. The van der Waals surface area contributed by atoms with E-state index in [1.165, 1.54) is 0 Å². The van der Waals surface area contributed by atoms with Crippen molar-refractivity contribution in [2.45, 2.75) is 13.8 Å². The molecule has 0 radical (unpaired) electrons. The molecule has 22 heavy (non-hydrogen) atoms. The number of amides is 1. The minimum absolute atomic E-state index is 0.0484. The number of nitrogens with zero attached hydrogens (tertiary/aromatic N) is 4. The van der Waals surface area contributed by atoms with Gasteiger partial charge in [0.2, 0.25) is 0 Å². The fourth-order valence-corrected chi connectivity index (χ4v) is 2.50. The van der Waals surface area contributed by atoms with Gasteiger partial charge in [0.1, 0.15) is 11.4 Å². The molecule has 0 atom stereocenters. The lowest BCUT2D eigenvalue weighted by Crippen LogP contribution is -2.30. The molecule has 0 fully saturated rings. The minimum Gasteiger partial charge on any atom is -0.338 e. The number of carbonyl (C=O) groups excluding carboxylic acids is 1. The van der Waals surface area contributed by atoms with Gasteiger partial charge in [-0.25, -0.2) is 4.98 Å². The predicted octanol–water partition coefficient (Wildman–Crippen LogP) is 2.88. The Bertz CT molecular complexity index is 791. The van der Waals surface area contributed by atoms with E-state index in [4.69, 9.17) is 0 Å². The van der Waals surface area contributed by atoms with Crippen LogP contribution in [0.4, 0.5) is 0 Å². The highest BCUT2D eigenvalue weighted by Gasteiger charge is 2.18. The minimum atomic E-state index is -0.0484. The molecule has 0 saturated heterocycles. The first kappa shape index (κ1) is 14.3. The molecule has 0 aliphatic carbocycles. The second kappa shape index (κ2) is 5.97.